The van der Waals surface area contributed by atoms with Gasteiger partial charge >= 0.3 is 0 Å². The average molecular weight is 219 g/mol. The average Bonchev–Trinajstić information content (AvgIpc) is 2.83. The Morgan fingerprint density at radius 3 is 2.88 bits per heavy atom. The minimum atomic E-state index is -0.109. The van der Waals surface area contributed by atoms with Crippen LogP contribution in [0, 0.1) is 13.8 Å². The molecule has 2 rings (SSSR count). The van der Waals surface area contributed by atoms with Crippen molar-refractivity contribution in [2.75, 3.05) is 5.32 Å². The van der Waals surface area contributed by atoms with Gasteiger partial charge in [0.05, 0.1) is 12.1 Å². The molecule has 0 spiro atoms. The van der Waals surface area contributed by atoms with Crippen molar-refractivity contribution >= 4 is 11.9 Å². The third-order valence-corrected chi connectivity index (χ3v) is 2.37. The highest BCUT2D eigenvalue weighted by Gasteiger charge is 2.11. The monoisotopic (exact) mass is 219 g/mol. The van der Waals surface area contributed by atoms with Gasteiger partial charge in [-0.2, -0.15) is 5.10 Å². The van der Waals surface area contributed by atoms with Crippen molar-refractivity contribution in [1.82, 2.24) is 20.2 Å². The second-order valence-corrected chi connectivity index (χ2v) is 3.58. The molecule has 16 heavy (non-hydrogen) atoms. The summed E-state index contributed by atoms with van der Waals surface area (Å²) in [4.78, 5) is 18.4. The van der Waals surface area contributed by atoms with Gasteiger partial charge in [0, 0.05) is 23.7 Å². The second-order valence-electron chi connectivity index (χ2n) is 3.58. The van der Waals surface area contributed by atoms with Crippen molar-refractivity contribution in [3.05, 3.63) is 29.3 Å². The van der Waals surface area contributed by atoms with E-state index in [2.05, 4.69) is 25.5 Å². The van der Waals surface area contributed by atoms with E-state index in [0.717, 1.165) is 17.0 Å². The molecule has 1 amide bonds. The fraction of sp³-hybridized carbons (Fsp3) is 0.300. The first-order valence-electron chi connectivity index (χ1n) is 4.96. The number of aromatic nitrogens is 4. The molecule has 0 aromatic carbocycles. The van der Waals surface area contributed by atoms with Crippen molar-refractivity contribution in [2.45, 2.75) is 20.3 Å². The molecule has 6 heteroatoms. The van der Waals surface area contributed by atoms with Gasteiger partial charge in [0.25, 0.3) is 0 Å². The van der Waals surface area contributed by atoms with Crippen molar-refractivity contribution in [2.24, 2.45) is 0 Å². The fourth-order valence-corrected chi connectivity index (χ4v) is 1.50. The zero-order valence-corrected chi connectivity index (χ0v) is 9.16. The molecule has 0 radical (unpaired) electrons. The topological polar surface area (TPSA) is 86.5 Å². The summed E-state index contributed by atoms with van der Waals surface area (Å²) in [6, 6.07) is 0. The third kappa shape index (κ3) is 2.10. The van der Waals surface area contributed by atoms with E-state index in [-0.39, 0.29) is 5.91 Å². The number of nitrogens with zero attached hydrogens (tertiary/aromatic N) is 2. The molecule has 84 valence electrons. The number of hydrogen-bond acceptors (Lipinski definition) is 3. The van der Waals surface area contributed by atoms with Crippen LogP contribution in [0.2, 0.25) is 0 Å². The molecule has 0 aliphatic carbocycles. The second kappa shape index (κ2) is 4.18. The van der Waals surface area contributed by atoms with E-state index in [1.165, 1.54) is 0 Å². The Bertz CT molecular complexity index is 466. The predicted molar refractivity (Wildman–Crippen MR) is 59.0 cm³/mol. The number of imidazole rings is 1. The van der Waals surface area contributed by atoms with Gasteiger partial charge in [-0.3, -0.25) is 15.2 Å². The van der Waals surface area contributed by atoms with E-state index in [0.29, 0.717) is 12.4 Å². The van der Waals surface area contributed by atoms with Crippen LogP contribution in [0.5, 0.6) is 0 Å². The van der Waals surface area contributed by atoms with Crippen LogP contribution in [0.3, 0.4) is 0 Å². The van der Waals surface area contributed by atoms with E-state index < -0.39 is 0 Å². The van der Waals surface area contributed by atoms with Crippen LogP contribution in [-0.2, 0) is 11.2 Å². The predicted octanol–water partition coefficient (Wildman–Crippen LogP) is 0.931. The van der Waals surface area contributed by atoms with Gasteiger partial charge in [0.2, 0.25) is 11.9 Å². The molecular formula is C10H13N5O. The minimum Gasteiger partial charge on any atom is -0.331 e. The van der Waals surface area contributed by atoms with E-state index in [1.54, 1.807) is 12.4 Å². The zero-order chi connectivity index (χ0) is 11.5. The first-order chi connectivity index (χ1) is 7.66. The van der Waals surface area contributed by atoms with Crippen LogP contribution in [0.4, 0.5) is 5.95 Å². The van der Waals surface area contributed by atoms with Crippen LogP contribution >= 0.6 is 0 Å². The molecule has 0 fully saturated rings. The number of aryl methyl sites for hydroxylation is 2. The highest BCUT2D eigenvalue weighted by atomic mass is 16.1. The van der Waals surface area contributed by atoms with Gasteiger partial charge in [-0.05, 0) is 13.8 Å². The van der Waals surface area contributed by atoms with Gasteiger partial charge < -0.3 is 4.98 Å². The first kappa shape index (κ1) is 10.4. The van der Waals surface area contributed by atoms with E-state index >= 15 is 0 Å². The number of carbonyl (C=O) groups is 1. The summed E-state index contributed by atoms with van der Waals surface area (Å²) < 4.78 is 0. The Kier molecular flexibility index (Phi) is 2.72. The van der Waals surface area contributed by atoms with Crippen molar-refractivity contribution < 1.29 is 4.79 Å². The normalized spacial score (nSPS) is 10.4. The van der Waals surface area contributed by atoms with Crippen LogP contribution in [-0.4, -0.2) is 26.1 Å². The lowest BCUT2D eigenvalue weighted by molar-refractivity contribution is -0.115. The van der Waals surface area contributed by atoms with Crippen LogP contribution in [0.25, 0.3) is 0 Å². The molecule has 0 unspecified atom stereocenters. The number of hydrogen-bond donors (Lipinski definition) is 3. The standard InChI is InChI=1S/C10H13N5O/c1-6-8(7(2)15-14-6)5-9(16)13-10-11-3-4-12-10/h3-4H,5H2,1-2H3,(H,14,15)(H2,11,12,13,16). The lowest BCUT2D eigenvalue weighted by Gasteiger charge is -2.02. The number of anilines is 1. The molecule has 2 aromatic heterocycles. The molecule has 0 saturated carbocycles. The SMILES string of the molecule is Cc1n[nH]c(C)c1CC(=O)Nc1ncc[nH]1. The number of carbonyl (C=O) groups excluding carboxylic acids is 1. The summed E-state index contributed by atoms with van der Waals surface area (Å²) in [5.41, 5.74) is 2.71. The largest absolute Gasteiger partial charge is 0.331 e. The van der Waals surface area contributed by atoms with Gasteiger partial charge in [-0.15, -0.1) is 0 Å². The summed E-state index contributed by atoms with van der Waals surface area (Å²) in [6.07, 6.45) is 3.54. The molecule has 6 nitrogen and oxygen atoms in total. The van der Waals surface area contributed by atoms with Crippen LogP contribution in [0.1, 0.15) is 17.0 Å². The van der Waals surface area contributed by atoms with Gasteiger partial charge in [0.15, 0.2) is 0 Å². The van der Waals surface area contributed by atoms with Crippen molar-refractivity contribution in [1.29, 1.82) is 0 Å². The van der Waals surface area contributed by atoms with Crippen molar-refractivity contribution in [3.63, 3.8) is 0 Å². The van der Waals surface area contributed by atoms with Gasteiger partial charge in [-0.25, -0.2) is 4.98 Å². The number of rotatable bonds is 3. The summed E-state index contributed by atoms with van der Waals surface area (Å²) in [7, 11) is 0. The zero-order valence-electron chi connectivity index (χ0n) is 9.16. The van der Waals surface area contributed by atoms with E-state index in [4.69, 9.17) is 0 Å². The number of amides is 1. The Balaban J connectivity index is 2.03. The first-order valence-corrected chi connectivity index (χ1v) is 4.96. The van der Waals surface area contributed by atoms with E-state index in [9.17, 15) is 4.79 Å². The maximum Gasteiger partial charge on any atom is 0.231 e. The molecule has 0 aliphatic rings. The molecule has 0 atom stereocenters. The Morgan fingerprint density at radius 2 is 2.31 bits per heavy atom. The lowest BCUT2D eigenvalue weighted by atomic mass is 10.1. The summed E-state index contributed by atoms with van der Waals surface area (Å²) >= 11 is 0. The highest BCUT2D eigenvalue weighted by Crippen LogP contribution is 2.10. The maximum atomic E-state index is 11.7. The Hall–Kier alpha value is -2.11. The summed E-state index contributed by atoms with van der Waals surface area (Å²) in [6.45, 7) is 3.77. The quantitative estimate of drug-likeness (QED) is 0.717. The summed E-state index contributed by atoms with van der Waals surface area (Å²) in [5, 5.41) is 9.55. The Morgan fingerprint density at radius 1 is 1.50 bits per heavy atom. The maximum absolute atomic E-state index is 11.7. The number of nitrogens with one attached hydrogen (secondary N) is 3. The lowest BCUT2D eigenvalue weighted by Crippen LogP contribution is -2.16. The molecular weight excluding hydrogens is 206 g/mol. The molecule has 0 aliphatic heterocycles. The third-order valence-electron chi connectivity index (χ3n) is 2.37. The number of H-pyrrole nitrogens is 2. The van der Waals surface area contributed by atoms with Crippen LogP contribution < -0.4 is 5.32 Å². The molecule has 2 heterocycles. The smallest absolute Gasteiger partial charge is 0.231 e. The molecule has 2 aromatic rings. The van der Waals surface area contributed by atoms with Crippen molar-refractivity contribution in [3.8, 4) is 0 Å². The minimum absolute atomic E-state index is 0.109. The Labute approximate surface area is 92.5 Å². The molecule has 0 saturated heterocycles. The summed E-state index contributed by atoms with van der Waals surface area (Å²) in [5.74, 6) is 0.353. The number of aromatic amines is 2. The molecule has 0 bridgehead atoms. The fourth-order valence-electron chi connectivity index (χ4n) is 1.50. The van der Waals surface area contributed by atoms with Crippen LogP contribution in [0.15, 0.2) is 12.4 Å². The van der Waals surface area contributed by atoms with E-state index in [1.807, 2.05) is 13.8 Å². The van der Waals surface area contributed by atoms with Gasteiger partial charge in [0.1, 0.15) is 0 Å². The molecule has 3 N–H and O–H groups in total. The highest BCUT2D eigenvalue weighted by molar-refractivity contribution is 5.90. The van der Waals surface area contributed by atoms with Gasteiger partial charge in [-0.1, -0.05) is 0 Å².